The highest BCUT2D eigenvalue weighted by molar-refractivity contribution is 5.77. The molecule has 1 heterocycles. The van der Waals surface area contributed by atoms with Gasteiger partial charge < -0.3 is 10.1 Å². The van der Waals surface area contributed by atoms with E-state index < -0.39 is 22.4 Å². The number of rotatable bonds is 7. The van der Waals surface area contributed by atoms with E-state index in [1.165, 1.54) is 0 Å². The predicted octanol–water partition coefficient (Wildman–Crippen LogP) is 2.67. The van der Waals surface area contributed by atoms with Crippen molar-refractivity contribution in [2.45, 2.75) is 12.6 Å². The first kappa shape index (κ1) is 19.8. The van der Waals surface area contributed by atoms with Crippen LogP contribution in [-0.2, 0) is 11.3 Å². The molecule has 0 radical (unpaired) electrons. The minimum absolute atomic E-state index is 0.257. The third-order valence-electron chi connectivity index (χ3n) is 4.38. The highest BCUT2D eigenvalue weighted by Crippen LogP contribution is 2.24. The van der Waals surface area contributed by atoms with Gasteiger partial charge in [0.15, 0.2) is 0 Å². The second kappa shape index (κ2) is 8.83. The summed E-state index contributed by atoms with van der Waals surface area (Å²) in [5, 5.41) is 13.8. The fraction of sp³-hybridized carbons (Fsp3) is 0.143. The largest absolute Gasteiger partial charge is 0.497 e. The lowest BCUT2D eigenvalue weighted by atomic mass is 9.98. The summed E-state index contributed by atoms with van der Waals surface area (Å²) in [5.74, 6) is 0.243. The number of nitrogens with zero attached hydrogens (tertiary/aromatic N) is 2. The average Bonchev–Trinajstić information content (AvgIpc) is 2.74. The Labute approximate surface area is 166 Å². The first-order chi connectivity index (χ1) is 14.0. The topological polar surface area (TPSA) is 103 Å². The van der Waals surface area contributed by atoms with Crippen molar-refractivity contribution >= 4 is 11.6 Å². The first-order valence-corrected chi connectivity index (χ1v) is 8.81. The van der Waals surface area contributed by atoms with Gasteiger partial charge in [-0.2, -0.15) is 0 Å². The smallest absolute Gasteiger partial charge is 0.285 e. The van der Waals surface area contributed by atoms with E-state index in [1.54, 1.807) is 19.2 Å². The van der Waals surface area contributed by atoms with Gasteiger partial charge in [0.2, 0.25) is 5.91 Å². The normalized spacial score (nSPS) is 11.5. The Morgan fingerprint density at radius 1 is 1.07 bits per heavy atom. The highest BCUT2D eigenvalue weighted by Gasteiger charge is 2.18. The van der Waals surface area contributed by atoms with E-state index in [-0.39, 0.29) is 12.2 Å². The van der Waals surface area contributed by atoms with Crippen LogP contribution in [0.15, 0.2) is 77.7 Å². The first-order valence-electron chi connectivity index (χ1n) is 8.81. The van der Waals surface area contributed by atoms with Crippen molar-refractivity contribution in [3.05, 3.63) is 105 Å². The second-order valence-corrected chi connectivity index (χ2v) is 6.29. The molecule has 1 amide bonds. The number of nitro groups is 1. The molecule has 29 heavy (non-hydrogen) atoms. The Balaban J connectivity index is 1.86. The van der Waals surface area contributed by atoms with Crippen molar-refractivity contribution in [1.29, 1.82) is 0 Å². The molecule has 0 saturated carbocycles. The third-order valence-corrected chi connectivity index (χ3v) is 4.38. The van der Waals surface area contributed by atoms with E-state index in [9.17, 15) is 19.7 Å². The van der Waals surface area contributed by atoms with E-state index in [2.05, 4.69) is 5.32 Å². The third kappa shape index (κ3) is 4.86. The summed E-state index contributed by atoms with van der Waals surface area (Å²) >= 11 is 0. The molecule has 3 rings (SSSR count). The lowest BCUT2D eigenvalue weighted by molar-refractivity contribution is -0.385. The monoisotopic (exact) mass is 393 g/mol. The molecule has 1 atom stereocenters. The van der Waals surface area contributed by atoms with Gasteiger partial charge in [-0.05, 0) is 23.3 Å². The fourth-order valence-corrected chi connectivity index (χ4v) is 2.91. The zero-order valence-corrected chi connectivity index (χ0v) is 15.6. The van der Waals surface area contributed by atoms with Crippen LogP contribution in [-0.4, -0.2) is 22.5 Å². The van der Waals surface area contributed by atoms with Crippen molar-refractivity contribution in [3.63, 3.8) is 0 Å². The molecule has 3 aromatic rings. The van der Waals surface area contributed by atoms with Crippen LogP contribution in [0.5, 0.6) is 5.75 Å². The van der Waals surface area contributed by atoms with Gasteiger partial charge in [0, 0.05) is 12.1 Å². The van der Waals surface area contributed by atoms with Gasteiger partial charge in [0.25, 0.3) is 11.2 Å². The summed E-state index contributed by atoms with van der Waals surface area (Å²) in [7, 11) is 1.57. The quantitative estimate of drug-likeness (QED) is 0.491. The van der Waals surface area contributed by atoms with Crippen LogP contribution in [0.2, 0.25) is 0 Å². The summed E-state index contributed by atoms with van der Waals surface area (Å²) in [4.78, 5) is 34.9. The number of carbonyl (C=O) groups excluding carboxylic acids is 1. The van der Waals surface area contributed by atoms with E-state index in [1.807, 2.05) is 42.5 Å². The van der Waals surface area contributed by atoms with Crippen LogP contribution in [0.4, 0.5) is 5.69 Å². The Morgan fingerprint density at radius 2 is 1.72 bits per heavy atom. The van der Waals surface area contributed by atoms with Gasteiger partial charge in [-0.15, -0.1) is 0 Å². The second-order valence-electron chi connectivity index (χ2n) is 6.29. The number of pyridine rings is 1. The number of amides is 1. The van der Waals surface area contributed by atoms with Crippen molar-refractivity contribution in [2.75, 3.05) is 7.11 Å². The van der Waals surface area contributed by atoms with Gasteiger partial charge in [0.05, 0.1) is 24.3 Å². The average molecular weight is 393 g/mol. The number of benzene rings is 2. The van der Waals surface area contributed by atoms with Gasteiger partial charge >= 0.3 is 0 Å². The van der Waals surface area contributed by atoms with Crippen LogP contribution in [0.25, 0.3) is 0 Å². The van der Waals surface area contributed by atoms with Gasteiger partial charge in [-0.1, -0.05) is 42.5 Å². The predicted molar refractivity (Wildman–Crippen MR) is 107 cm³/mol. The Morgan fingerprint density at radius 3 is 2.34 bits per heavy atom. The SMILES string of the molecule is COc1ccc([C@H](NC(=O)Cn2cc([N+](=O)[O-])ccc2=O)c2ccccc2)cc1. The maximum Gasteiger partial charge on any atom is 0.285 e. The Kier molecular flexibility index (Phi) is 6.03. The lowest BCUT2D eigenvalue weighted by Gasteiger charge is -2.20. The van der Waals surface area contributed by atoms with Gasteiger partial charge in [0.1, 0.15) is 12.3 Å². The molecular weight excluding hydrogens is 374 g/mol. The number of carbonyl (C=O) groups is 1. The molecule has 8 heteroatoms. The molecule has 2 aromatic carbocycles. The minimum atomic E-state index is -0.613. The van der Waals surface area contributed by atoms with E-state index in [0.717, 1.165) is 34.0 Å². The van der Waals surface area contributed by atoms with Crippen LogP contribution >= 0.6 is 0 Å². The zero-order chi connectivity index (χ0) is 20.8. The number of methoxy groups -OCH3 is 1. The Hall–Kier alpha value is -3.94. The summed E-state index contributed by atoms with van der Waals surface area (Å²) in [6.45, 7) is -0.333. The molecular formula is C21H19N3O5. The molecule has 148 valence electrons. The van der Waals surface area contributed by atoms with Crippen LogP contribution < -0.4 is 15.6 Å². The van der Waals surface area contributed by atoms with Gasteiger partial charge in [-0.3, -0.25) is 24.3 Å². The maximum absolute atomic E-state index is 12.7. The number of ether oxygens (including phenoxy) is 1. The van der Waals surface area contributed by atoms with Crippen LogP contribution in [0, 0.1) is 10.1 Å². The molecule has 0 fully saturated rings. The minimum Gasteiger partial charge on any atom is -0.497 e. The molecule has 8 nitrogen and oxygen atoms in total. The number of hydrogen-bond donors (Lipinski definition) is 1. The molecule has 0 aliphatic carbocycles. The molecule has 0 saturated heterocycles. The molecule has 1 N–H and O–H groups in total. The number of aromatic nitrogens is 1. The highest BCUT2D eigenvalue weighted by atomic mass is 16.6. The molecule has 0 aliphatic rings. The summed E-state index contributed by atoms with van der Waals surface area (Å²) in [6, 6.07) is 18.4. The molecule has 0 unspecified atom stereocenters. The van der Waals surface area contributed by atoms with Gasteiger partial charge in [-0.25, -0.2) is 0 Å². The summed E-state index contributed by atoms with van der Waals surface area (Å²) in [6.07, 6.45) is 1.06. The standard InChI is InChI=1S/C21H19N3O5/c1-29-18-10-7-16(8-11-18)21(15-5-3-2-4-6-15)22-19(25)14-23-13-17(24(27)28)9-12-20(23)26/h2-13,21H,14H2,1H3,(H,22,25)/t21-/m1/s1. The van der Waals surface area contributed by atoms with E-state index >= 15 is 0 Å². The van der Waals surface area contributed by atoms with Crippen molar-refractivity contribution < 1.29 is 14.5 Å². The number of nitrogens with one attached hydrogen (secondary N) is 1. The maximum atomic E-state index is 12.7. The number of hydrogen-bond acceptors (Lipinski definition) is 5. The van der Waals surface area contributed by atoms with E-state index in [4.69, 9.17) is 4.74 Å². The summed E-state index contributed by atoms with van der Waals surface area (Å²) < 4.78 is 6.20. The molecule has 1 aromatic heterocycles. The molecule has 0 bridgehead atoms. The van der Waals surface area contributed by atoms with Crippen molar-refractivity contribution in [2.24, 2.45) is 0 Å². The Bertz CT molecular complexity index is 1060. The van der Waals surface area contributed by atoms with Crippen LogP contribution in [0.3, 0.4) is 0 Å². The molecule has 0 aliphatic heterocycles. The van der Waals surface area contributed by atoms with Crippen molar-refractivity contribution in [3.8, 4) is 5.75 Å². The van der Waals surface area contributed by atoms with Crippen LogP contribution in [0.1, 0.15) is 17.2 Å². The zero-order valence-electron chi connectivity index (χ0n) is 15.6. The summed E-state index contributed by atoms with van der Waals surface area (Å²) in [5.41, 5.74) is 0.938. The van der Waals surface area contributed by atoms with Crippen molar-refractivity contribution in [1.82, 2.24) is 9.88 Å². The lowest BCUT2D eigenvalue weighted by Crippen LogP contribution is -2.35. The van der Waals surface area contributed by atoms with E-state index in [0.29, 0.717) is 5.75 Å². The fourth-order valence-electron chi connectivity index (χ4n) is 2.91. The molecule has 0 spiro atoms.